The fraction of sp³-hybridized carbons (Fsp3) is 0.882. The number of carbonyl (C=O) groups is 2. The van der Waals surface area contributed by atoms with Crippen LogP contribution in [0.15, 0.2) is 0 Å². The van der Waals surface area contributed by atoms with Gasteiger partial charge in [0.25, 0.3) is 0 Å². The van der Waals surface area contributed by atoms with Crippen LogP contribution >= 0.6 is 0 Å². The molecule has 1 unspecified atom stereocenters. The number of hydrogen-bond donors (Lipinski definition) is 2. The Morgan fingerprint density at radius 2 is 1.43 bits per heavy atom. The molecule has 4 heteroatoms. The fourth-order valence-corrected chi connectivity index (χ4v) is 3.34. The molecular formula is C17H30N2O2. The lowest BCUT2D eigenvalue weighted by Crippen LogP contribution is -2.51. The summed E-state index contributed by atoms with van der Waals surface area (Å²) in [6.07, 6.45) is 4.01. The van der Waals surface area contributed by atoms with E-state index in [4.69, 9.17) is 0 Å². The van der Waals surface area contributed by atoms with Gasteiger partial charge in [0.05, 0.1) is 0 Å². The second-order valence-corrected chi connectivity index (χ2v) is 7.65. The van der Waals surface area contributed by atoms with Crippen LogP contribution in [0.1, 0.15) is 53.4 Å². The van der Waals surface area contributed by atoms with Gasteiger partial charge in [-0.25, -0.2) is 0 Å². The highest BCUT2D eigenvalue weighted by molar-refractivity contribution is 5.81. The van der Waals surface area contributed by atoms with Crippen molar-refractivity contribution in [3.63, 3.8) is 0 Å². The van der Waals surface area contributed by atoms with Crippen LogP contribution in [0.5, 0.6) is 0 Å². The predicted molar refractivity (Wildman–Crippen MR) is 83.6 cm³/mol. The Balaban J connectivity index is 1.74. The van der Waals surface area contributed by atoms with Crippen molar-refractivity contribution in [1.29, 1.82) is 0 Å². The van der Waals surface area contributed by atoms with E-state index in [1.165, 1.54) is 0 Å². The maximum absolute atomic E-state index is 12.2. The molecule has 0 radical (unpaired) electrons. The molecule has 4 nitrogen and oxygen atoms in total. The van der Waals surface area contributed by atoms with Gasteiger partial charge in [0.2, 0.25) is 11.8 Å². The minimum Gasteiger partial charge on any atom is -0.354 e. The molecule has 0 saturated heterocycles. The first kappa shape index (κ1) is 16.3. The molecule has 0 aromatic heterocycles. The normalized spacial score (nSPS) is 32.8. The molecule has 2 aliphatic carbocycles. The molecule has 0 aromatic carbocycles. The Morgan fingerprint density at radius 3 is 1.86 bits per heavy atom. The van der Waals surface area contributed by atoms with Gasteiger partial charge in [-0.15, -0.1) is 0 Å². The van der Waals surface area contributed by atoms with Gasteiger partial charge in [-0.05, 0) is 43.4 Å². The van der Waals surface area contributed by atoms with E-state index >= 15 is 0 Å². The first-order valence-electron chi connectivity index (χ1n) is 8.44. The molecule has 2 N–H and O–H groups in total. The van der Waals surface area contributed by atoms with Crippen LogP contribution in [0.3, 0.4) is 0 Å². The molecule has 0 heterocycles. The third kappa shape index (κ3) is 4.21. The van der Waals surface area contributed by atoms with E-state index < -0.39 is 0 Å². The summed E-state index contributed by atoms with van der Waals surface area (Å²) < 4.78 is 0. The van der Waals surface area contributed by atoms with Crippen molar-refractivity contribution in [3.05, 3.63) is 0 Å². The second kappa shape index (κ2) is 6.80. The number of rotatable bonds is 6. The van der Waals surface area contributed by atoms with Crippen molar-refractivity contribution in [1.82, 2.24) is 10.6 Å². The molecule has 0 spiro atoms. The molecule has 0 aromatic rings. The van der Waals surface area contributed by atoms with E-state index in [9.17, 15) is 9.59 Å². The van der Waals surface area contributed by atoms with Gasteiger partial charge in [0.15, 0.2) is 0 Å². The molecule has 120 valence electrons. The third-order valence-corrected chi connectivity index (χ3v) is 5.12. The molecule has 2 fully saturated rings. The van der Waals surface area contributed by atoms with Gasteiger partial charge >= 0.3 is 0 Å². The Morgan fingerprint density at radius 1 is 0.952 bits per heavy atom. The van der Waals surface area contributed by atoms with Crippen molar-refractivity contribution in [2.24, 2.45) is 29.6 Å². The molecule has 2 rings (SSSR count). The topological polar surface area (TPSA) is 58.2 Å². The summed E-state index contributed by atoms with van der Waals surface area (Å²) in [6, 6.07) is 0.0369. The first-order chi connectivity index (χ1) is 9.86. The highest BCUT2D eigenvalue weighted by atomic mass is 16.2. The van der Waals surface area contributed by atoms with Crippen LogP contribution in [0.25, 0.3) is 0 Å². The lowest BCUT2D eigenvalue weighted by molar-refractivity contribution is -0.131. The van der Waals surface area contributed by atoms with Crippen LogP contribution in [-0.4, -0.2) is 24.4 Å². The lowest BCUT2D eigenvalue weighted by Gasteiger charge is -2.34. The zero-order valence-corrected chi connectivity index (χ0v) is 13.8. The van der Waals surface area contributed by atoms with Crippen LogP contribution < -0.4 is 10.6 Å². The van der Waals surface area contributed by atoms with E-state index in [0.717, 1.165) is 25.7 Å². The summed E-state index contributed by atoms with van der Waals surface area (Å²) in [5, 5.41) is 6.15. The molecule has 2 amide bonds. The van der Waals surface area contributed by atoms with Crippen LogP contribution in [0.4, 0.5) is 0 Å². The van der Waals surface area contributed by atoms with Crippen LogP contribution in [0, 0.1) is 29.6 Å². The van der Waals surface area contributed by atoms with Gasteiger partial charge in [-0.2, -0.15) is 0 Å². The summed E-state index contributed by atoms with van der Waals surface area (Å²) >= 11 is 0. The second-order valence-electron chi connectivity index (χ2n) is 7.65. The average molecular weight is 294 g/mol. The zero-order chi connectivity index (χ0) is 15.6. The molecule has 2 aliphatic rings. The SMILES string of the molecule is CC1CC(C(=O)NCC(NC(=O)C2CC(C)C2)C(C)C)C1. The summed E-state index contributed by atoms with van der Waals surface area (Å²) in [5.41, 5.74) is 0. The average Bonchev–Trinajstić information content (AvgIpc) is 2.35. The highest BCUT2D eigenvalue weighted by Crippen LogP contribution is 2.34. The maximum Gasteiger partial charge on any atom is 0.223 e. The smallest absolute Gasteiger partial charge is 0.223 e. The van der Waals surface area contributed by atoms with Crippen molar-refractivity contribution in [2.45, 2.75) is 59.4 Å². The minimum atomic E-state index is 0.0369. The molecule has 0 bridgehead atoms. The molecule has 0 aliphatic heterocycles. The van der Waals surface area contributed by atoms with Crippen molar-refractivity contribution >= 4 is 11.8 Å². The van der Waals surface area contributed by atoms with Crippen molar-refractivity contribution in [3.8, 4) is 0 Å². The Hall–Kier alpha value is -1.06. The highest BCUT2D eigenvalue weighted by Gasteiger charge is 2.34. The number of hydrogen-bond acceptors (Lipinski definition) is 2. The lowest BCUT2D eigenvalue weighted by atomic mass is 9.75. The van der Waals surface area contributed by atoms with E-state index in [2.05, 4.69) is 38.3 Å². The summed E-state index contributed by atoms with van der Waals surface area (Å²) in [4.78, 5) is 24.2. The Kier molecular flexibility index (Phi) is 5.28. The van der Waals surface area contributed by atoms with Gasteiger partial charge in [-0.1, -0.05) is 27.7 Å². The van der Waals surface area contributed by atoms with E-state index in [1.807, 2.05) is 0 Å². The van der Waals surface area contributed by atoms with Gasteiger partial charge in [-0.3, -0.25) is 9.59 Å². The Bertz CT molecular complexity index is 382. The van der Waals surface area contributed by atoms with Gasteiger partial charge < -0.3 is 10.6 Å². The summed E-state index contributed by atoms with van der Waals surface area (Å²) in [6.45, 7) is 9.09. The number of nitrogens with one attached hydrogen (secondary N) is 2. The van der Waals surface area contributed by atoms with Gasteiger partial charge in [0.1, 0.15) is 0 Å². The Labute approximate surface area is 128 Å². The molecular weight excluding hydrogens is 264 g/mol. The van der Waals surface area contributed by atoms with Crippen molar-refractivity contribution in [2.75, 3.05) is 6.54 Å². The number of carbonyl (C=O) groups excluding carboxylic acids is 2. The van der Waals surface area contributed by atoms with E-state index in [-0.39, 0.29) is 29.7 Å². The summed E-state index contributed by atoms with van der Waals surface area (Å²) in [5.74, 6) is 2.39. The van der Waals surface area contributed by atoms with Crippen LogP contribution in [0.2, 0.25) is 0 Å². The molecule has 1 atom stereocenters. The van der Waals surface area contributed by atoms with Crippen LogP contribution in [-0.2, 0) is 9.59 Å². The van der Waals surface area contributed by atoms with E-state index in [1.54, 1.807) is 0 Å². The molecule has 21 heavy (non-hydrogen) atoms. The standard InChI is InChI=1S/C17H30N2O2/c1-10(2)15(19-17(21)14-7-12(4)8-14)9-18-16(20)13-5-11(3)6-13/h10-15H,5-9H2,1-4H3,(H,18,20)(H,19,21). The number of amides is 2. The quantitative estimate of drug-likeness (QED) is 0.790. The predicted octanol–water partition coefficient (Wildman–Crippen LogP) is 2.34. The summed E-state index contributed by atoms with van der Waals surface area (Å²) in [7, 11) is 0. The fourth-order valence-electron chi connectivity index (χ4n) is 3.34. The third-order valence-electron chi connectivity index (χ3n) is 5.12. The first-order valence-corrected chi connectivity index (χ1v) is 8.44. The van der Waals surface area contributed by atoms with Gasteiger partial charge in [0, 0.05) is 24.4 Å². The maximum atomic E-state index is 12.2. The molecule has 2 saturated carbocycles. The minimum absolute atomic E-state index is 0.0369. The zero-order valence-electron chi connectivity index (χ0n) is 13.8. The van der Waals surface area contributed by atoms with Crippen molar-refractivity contribution < 1.29 is 9.59 Å². The largest absolute Gasteiger partial charge is 0.354 e. The van der Waals surface area contributed by atoms with E-state index in [0.29, 0.717) is 24.3 Å². The monoisotopic (exact) mass is 294 g/mol.